The van der Waals surface area contributed by atoms with Crippen molar-refractivity contribution in [2.75, 3.05) is 19.8 Å². The number of ether oxygens (including phenoxy) is 2. The molecule has 2 atom stereocenters. The predicted molar refractivity (Wildman–Crippen MR) is 117 cm³/mol. The lowest BCUT2D eigenvalue weighted by Crippen LogP contribution is -2.24. The summed E-state index contributed by atoms with van der Waals surface area (Å²) in [6.07, 6.45) is 22.3. The standard InChI is InChI=1S/C24H50O3/c1-4-5-6-7-8-9-10-11-12-13-14-15-16-17-18-19-20-26-22-24(3)27-23(2)21-25/h23-25H,4-22H2,1-3H3. The number of hydrogen-bond acceptors (Lipinski definition) is 3. The first kappa shape index (κ1) is 26.9. The highest BCUT2D eigenvalue weighted by molar-refractivity contribution is 4.53. The Morgan fingerprint density at radius 1 is 0.593 bits per heavy atom. The second kappa shape index (κ2) is 22.2. The first-order valence-electron chi connectivity index (χ1n) is 12.0. The van der Waals surface area contributed by atoms with E-state index in [0.29, 0.717) is 6.61 Å². The van der Waals surface area contributed by atoms with Crippen LogP contribution in [-0.2, 0) is 9.47 Å². The Labute approximate surface area is 170 Å². The van der Waals surface area contributed by atoms with Gasteiger partial charge < -0.3 is 14.6 Å². The molecule has 0 aliphatic rings. The number of unbranched alkanes of at least 4 members (excludes halogenated alkanes) is 15. The molecule has 2 unspecified atom stereocenters. The van der Waals surface area contributed by atoms with Gasteiger partial charge in [-0.1, -0.05) is 103 Å². The van der Waals surface area contributed by atoms with Gasteiger partial charge in [0, 0.05) is 6.61 Å². The van der Waals surface area contributed by atoms with Crippen LogP contribution in [0.4, 0.5) is 0 Å². The Morgan fingerprint density at radius 2 is 1.00 bits per heavy atom. The van der Waals surface area contributed by atoms with E-state index < -0.39 is 0 Å². The minimum atomic E-state index is -0.0980. The lowest BCUT2D eigenvalue weighted by atomic mass is 10.0. The molecule has 0 aromatic heterocycles. The third kappa shape index (κ3) is 22.0. The molecule has 164 valence electrons. The van der Waals surface area contributed by atoms with Crippen molar-refractivity contribution >= 4 is 0 Å². The summed E-state index contributed by atoms with van der Waals surface area (Å²) in [6.45, 7) is 7.70. The van der Waals surface area contributed by atoms with Crippen LogP contribution in [0, 0.1) is 0 Å². The minimum absolute atomic E-state index is 0.0632. The highest BCUT2D eigenvalue weighted by Crippen LogP contribution is 2.13. The second-order valence-corrected chi connectivity index (χ2v) is 8.32. The van der Waals surface area contributed by atoms with Gasteiger partial charge in [0.15, 0.2) is 0 Å². The minimum Gasteiger partial charge on any atom is -0.394 e. The summed E-state index contributed by atoms with van der Waals surface area (Å²) in [7, 11) is 0. The molecule has 0 saturated heterocycles. The molecule has 0 heterocycles. The predicted octanol–water partition coefficient (Wildman–Crippen LogP) is 7.05. The Hall–Kier alpha value is -0.120. The van der Waals surface area contributed by atoms with Crippen LogP contribution >= 0.6 is 0 Å². The van der Waals surface area contributed by atoms with E-state index in [1.54, 1.807) is 0 Å². The van der Waals surface area contributed by atoms with Crippen LogP contribution in [0.1, 0.15) is 124 Å². The molecule has 3 heteroatoms. The maximum absolute atomic E-state index is 8.95. The molecule has 3 nitrogen and oxygen atoms in total. The number of aliphatic hydroxyl groups excluding tert-OH is 1. The van der Waals surface area contributed by atoms with Gasteiger partial charge >= 0.3 is 0 Å². The summed E-state index contributed by atoms with van der Waals surface area (Å²) in [5.41, 5.74) is 0. The smallest absolute Gasteiger partial charge is 0.0785 e. The lowest BCUT2D eigenvalue weighted by molar-refractivity contribution is -0.0586. The molecule has 1 N–H and O–H groups in total. The summed E-state index contributed by atoms with van der Waals surface area (Å²) in [5.74, 6) is 0. The molecular weight excluding hydrogens is 336 g/mol. The van der Waals surface area contributed by atoms with Gasteiger partial charge in [-0.05, 0) is 20.3 Å². The maximum Gasteiger partial charge on any atom is 0.0785 e. The van der Waals surface area contributed by atoms with Crippen LogP contribution in [0.2, 0.25) is 0 Å². The van der Waals surface area contributed by atoms with E-state index in [1.807, 2.05) is 13.8 Å². The third-order valence-corrected chi connectivity index (χ3v) is 5.22. The van der Waals surface area contributed by atoms with Crippen molar-refractivity contribution in [1.29, 1.82) is 0 Å². The fourth-order valence-electron chi connectivity index (χ4n) is 3.48. The Balaban J connectivity index is 3.09. The molecule has 27 heavy (non-hydrogen) atoms. The Bertz CT molecular complexity index is 270. The molecule has 0 spiro atoms. The zero-order chi connectivity index (χ0) is 20.0. The van der Waals surface area contributed by atoms with Crippen molar-refractivity contribution in [1.82, 2.24) is 0 Å². The topological polar surface area (TPSA) is 38.7 Å². The van der Waals surface area contributed by atoms with Gasteiger partial charge in [-0.3, -0.25) is 0 Å². The van der Waals surface area contributed by atoms with Crippen LogP contribution in [-0.4, -0.2) is 37.1 Å². The molecule has 0 bridgehead atoms. The Morgan fingerprint density at radius 3 is 1.41 bits per heavy atom. The molecule has 0 rings (SSSR count). The van der Waals surface area contributed by atoms with E-state index in [9.17, 15) is 0 Å². The fraction of sp³-hybridized carbons (Fsp3) is 1.00. The van der Waals surface area contributed by atoms with Gasteiger partial charge in [-0.2, -0.15) is 0 Å². The van der Waals surface area contributed by atoms with Crippen LogP contribution in [0.3, 0.4) is 0 Å². The van der Waals surface area contributed by atoms with Gasteiger partial charge in [0.05, 0.1) is 25.4 Å². The van der Waals surface area contributed by atoms with Crippen molar-refractivity contribution in [3.8, 4) is 0 Å². The van der Waals surface area contributed by atoms with E-state index in [-0.39, 0.29) is 18.8 Å². The van der Waals surface area contributed by atoms with Crippen molar-refractivity contribution in [3.63, 3.8) is 0 Å². The molecule has 0 saturated carbocycles. The molecule has 0 amide bonds. The zero-order valence-corrected chi connectivity index (χ0v) is 18.9. The van der Waals surface area contributed by atoms with Crippen LogP contribution < -0.4 is 0 Å². The monoisotopic (exact) mass is 386 g/mol. The van der Waals surface area contributed by atoms with Gasteiger partial charge in [0.1, 0.15) is 0 Å². The largest absolute Gasteiger partial charge is 0.394 e. The average molecular weight is 387 g/mol. The summed E-state index contributed by atoms with van der Waals surface area (Å²) < 4.78 is 11.2. The second-order valence-electron chi connectivity index (χ2n) is 8.32. The van der Waals surface area contributed by atoms with Gasteiger partial charge in [-0.15, -0.1) is 0 Å². The highest BCUT2D eigenvalue weighted by Gasteiger charge is 2.07. The molecule has 0 aromatic carbocycles. The van der Waals surface area contributed by atoms with E-state index in [0.717, 1.165) is 13.0 Å². The van der Waals surface area contributed by atoms with E-state index >= 15 is 0 Å². The van der Waals surface area contributed by atoms with Gasteiger partial charge in [0.2, 0.25) is 0 Å². The van der Waals surface area contributed by atoms with E-state index in [1.165, 1.54) is 96.3 Å². The molecule has 0 aromatic rings. The first-order chi connectivity index (χ1) is 13.2. The van der Waals surface area contributed by atoms with Crippen molar-refractivity contribution in [2.45, 2.75) is 136 Å². The Kier molecular flexibility index (Phi) is 22.1. The quantitative estimate of drug-likeness (QED) is 0.203. The summed E-state index contributed by atoms with van der Waals surface area (Å²) >= 11 is 0. The number of hydrogen-bond donors (Lipinski definition) is 1. The molecule has 0 aliphatic heterocycles. The fourth-order valence-corrected chi connectivity index (χ4v) is 3.48. The summed E-state index contributed by atoms with van der Waals surface area (Å²) in [5, 5.41) is 8.95. The number of rotatable bonds is 22. The van der Waals surface area contributed by atoms with Crippen LogP contribution in [0.25, 0.3) is 0 Å². The van der Waals surface area contributed by atoms with E-state index in [4.69, 9.17) is 14.6 Å². The zero-order valence-electron chi connectivity index (χ0n) is 18.9. The van der Waals surface area contributed by atoms with Crippen molar-refractivity contribution in [3.05, 3.63) is 0 Å². The van der Waals surface area contributed by atoms with Crippen molar-refractivity contribution in [2.24, 2.45) is 0 Å². The van der Waals surface area contributed by atoms with E-state index in [2.05, 4.69) is 6.92 Å². The molecule has 0 radical (unpaired) electrons. The van der Waals surface area contributed by atoms with Gasteiger partial charge in [-0.25, -0.2) is 0 Å². The van der Waals surface area contributed by atoms with Crippen molar-refractivity contribution < 1.29 is 14.6 Å². The summed E-state index contributed by atoms with van der Waals surface area (Å²) in [4.78, 5) is 0. The highest BCUT2D eigenvalue weighted by atomic mass is 16.5. The average Bonchev–Trinajstić information content (AvgIpc) is 2.66. The number of aliphatic hydroxyl groups is 1. The SMILES string of the molecule is CCCCCCCCCCCCCCCCCCOCC(C)OC(C)CO. The first-order valence-corrected chi connectivity index (χ1v) is 12.0. The maximum atomic E-state index is 8.95. The molecule has 0 fully saturated rings. The lowest BCUT2D eigenvalue weighted by Gasteiger charge is -2.17. The molecule has 0 aliphatic carbocycles. The van der Waals surface area contributed by atoms with Crippen LogP contribution in [0.5, 0.6) is 0 Å². The van der Waals surface area contributed by atoms with Gasteiger partial charge in [0.25, 0.3) is 0 Å². The van der Waals surface area contributed by atoms with Crippen LogP contribution in [0.15, 0.2) is 0 Å². The molecular formula is C24H50O3. The normalized spacial score (nSPS) is 13.8. The summed E-state index contributed by atoms with van der Waals surface area (Å²) in [6, 6.07) is 0. The third-order valence-electron chi connectivity index (χ3n) is 5.22.